The first kappa shape index (κ1) is 26.6. The lowest BCUT2D eigenvalue weighted by molar-refractivity contribution is 0.106. The Balaban J connectivity index is 0.00000385. The van der Waals surface area contributed by atoms with Crippen LogP contribution >= 0.6 is 24.6 Å². The van der Waals surface area contributed by atoms with Crippen molar-refractivity contribution in [1.82, 2.24) is 10.6 Å². The molecule has 0 unspecified atom stereocenters. The second-order valence-electron chi connectivity index (χ2n) is 7.55. The summed E-state index contributed by atoms with van der Waals surface area (Å²) >= 11 is 5.38. The number of ether oxygens (including phenoxy) is 1. The normalized spacial score (nSPS) is 11.2. The molecule has 0 bridgehead atoms. The van der Waals surface area contributed by atoms with E-state index in [0.29, 0.717) is 11.7 Å². The fourth-order valence-corrected chi connectivity index (χ4v) is 3.38. The Labute approximate surface area is 208 Å². The van der Waals surface area contributed by atoms with Crippen LogP contribution in [0.4, 0.5) is 5.69 Å². The molecule has 0 spiro atoms. The van der Waals surface area contributed by atoms with E-state index in [1.54, 1.807) is 0 Å². The van der Waals surface area contributed by atoms with Crippen molar-refractivity contribution in [1.29, 1.82) is 0 Å². The van der Waals surface area contributed by atoms with Crippen LogP contribution in [0.3, 0.4) is 0 Å². The van der Waals surface area contributed by atoms with Crippen molar-refractivity contribution in [3.63, 3.8) is 0 Å². The monoisotopic (exact) mass is 485 g/mol. The van der Waals surface area contributed by atoms with Gasteiger partial charge in [0.2, 0.25) is 0 Å². The van der Waals surface area contributed by atoms with Crippen LogP contribution < -0.4 is 20.7 Å². The maximum Gasteiger partial charge on any atom is 0.170 e. The number of hydrogen-bond acceptors (Lipinski definition) is 4. The van der Waals surface area contributed by atoms with Gasteiger partial charge in [-0.05, 0) is 67.0 Å². The second-order valence-corrected chi connectivity index (χ2v) is 7.95. The third kappa shape index (κ3) is 10.7. The molecule has 0 aliphatic rings. The van der Waals surface area contributed by atoms with Crippen molar-refractivity contribution in [3.05, 3.63) is 96.1 Å². The molecule has 0 radical (unpaired) electrons. The summed E-state index contributed by atoms with van der Waals surface area (Å²) in [6, 6.07) is 28.1. The van der Waals surface area contributed by atoms with Crippen molar-refractivity contribution in [2.24, 2.45) is 0 Å². The van der Waals surface area contributed by atoms with E-state index in [9.17, 15) is 5.11 Å². The van der Waals surface area contributed by atoms with Gasteiger partial charge in [-0.1, -0.05) is 60.7 Å². The van der Waals surface area contributed by atoms with Crippen molar-refractivity contribution in [2.45, 2.75) is 18.9 Å². The highest BCUT2D eigenvalue weighted by Gasteiger charge is 2.05. The first-order chi connectivity index (χ1) is 15.7. The van der Waals surface area contributed by atoms with Crippen molar-refractivity contribution in [2.75, 3.05) is 31.6 Å². The summed E-state index contributed by atoms with van der Waals surface area (Å²) in [6.07, 6.45) is 1.27. The van der Waals surface area contributed by atoms with E-state index in [-0.39, 0.29) is 19.0 Å². The zero-order valence-electron chi connectivity index (χ0n) is 18.6. The smallest absolute Gasteiger partial charge is 0.170 e. The fourth-order valence-electron chi connectivity index (χ4n) is 3.16. The number of halogens is 1. The van der Waals surface area contributed by atoms with E-state index < -0.39 is 6.10 Å². The van der Waals surface area contributed by atoms with Crippen LogP contribution in [-0.2, 0) is 12.8 Å². The van der Waals surface area contributed by atoms with E-state index in [0.717, 1.165) is 37.4 Å². The van der Waals surface area contributed by atoms with Crippen molar-refractivity contribution in [3.8, 4) is 5.75 Å². The highest BCUT2D eigenvalue weighted by molar-refractivity contribution is 7.80. The Kier molecular flexibility index (Phi) is 12.3. The van der Waals surface area contributed by atoms with Gasteiger partial charge in [0.15, 0.2) is 5.11 Å². The lowest BCUT2D eigenvalue weighted by Gasteiger charge is -2.13. The number of para-hydroxylation sites is 1. The zero-order valence-corrected chi connectivity index (χ0v) is 20.2. The Hall–Kier alpha value is -2.64. The molecule has 0 saturated heterocycles. The van der Waals surface area contributed by atoms with Gasteiger partial charge in [-0.25, -0.2) is 0 Å². The van der Waals surface area contributed by atoms with Gasteiger partial charge in [-0.15, -0.1) is 12.4 Å². The largest absolute Gasteiger partial charge is 0.491 e. The van der Waals surface area contributed by atoms with Gasteiger partial charge < -0.3 is 25.8 Å². The molecule has 3 rings (SSSR count). The van der Waals surface area contributed by atoms with Gasteiger partial charge in [0.25, 0.3) is 0 Å². The first-order valence-electron chi connectivity index (χ1n) is 10.9. The maximum absolute atomic E-state index is 10.0. The van der Waals surface area contributed by atoms with Gasteiger partial charge in [-0.2, -0.15) is 0 Å². The Morgan fingerprint density at radius 2 is 1.42 bits per heavy atom. The molecule has 0 amide bonds. The number of aliphatic hydroxyl groups is 1. The summed E-state index contributed by atoms with van der Waals surface area (Å²) in [5.74, 6) is 0.770. The minimum absolute atomic E-state index is 0. The Morgan fingerprint density at radius 3 is 2.12 bits per heavy atom. The highest BCUT2D eigenvalue weighted by atomic mass is 35.5. The van der Waals surface area contributed by atoms with Crippen LogP contribution in [-0.4, -0.2) is 42.6 Å². The molecule has 0 saturated carbocycles. The van der Waals surface area contributed by atoms with Gasteiger partial charge in [-0.3, -0.25) is 0 Å². The standard InChI is InChI=1S/C26H31N3O2S.ClH/c30-24(20-31-25-9-5-2-6-10-25)19-27-17-15-22-11-13-23(14-12-22)29-26(32)28-18-16-21-7-3-1-4-8-21;/h1-14,24,27,30H,15-20H2,(H2,28,29,32);1H/t24-;/m0./s1. The summed E-state index contributed by atoms with van der Waals surface area (Å²) in [5.41, 5.74) is 3.48. The number of hydrogen-bond donors (Lipinski definition) is 4. The number of nitrogens with one attached hydrogen (secondary N) is 3. The van der Waals surface area contributed by atoms with Crippen LogP contribution in [0.1, 0.15) is 11.1 Å². The number of aliphatic hydroxyl groups excluding tert-OH is 1. The third-order valence-corrected chi connectivity index (χ3v) is 5.16. The lowest BCUT2D eigenvalue weighted by atomic mass is 10.1. The molecule has 3 aromatic rings. The second kappa shape index (κ2) is 15.2. The zero-order chi connectivity index (χ0) is 22.4. The van der Waals surface area contributed by atoms with Crippen molar-refractivity contribution < 1.29 is 9.84 Å². The lowest BCUT2D eigenvalue weighted by Crippen LogP contribution is -2.32. The Bertz CT molecular complexity index is 927. The SMILES string of the molecule is Cl.O[C@@H](CNCCc1ccc(NC(=S)NCCc2ccccc2)cc1)COc1ccccc1. The molecule has 176 valence electrons. The minimum atomic E-state index is -0.544. The topological polar surface area (TPSA) is 65.5 Å². The van der Waals surface area contributed by atoms with Gasteiger partial charge >= 0.3 is 0 Å². The fraction of sp³-hybridized carbons (Fsp3) is 0.269. The van der Waals surface area contributed by atoms with Crippen LogP contribution in [0.2, 0.25) is 0 Å². The molecule has 33 heavy (non-hydrogen) atoms. The highest BCUT2D eigenvalue weighted by Crippen LogP contribution is 2.10. The van der Waals surface area contributed by atoms with Crippen LogP contribution in [0.25, 0.3) is 0 Å². The molecule has 0 aliphatic heterocycles. The van der Waals surface area contributed by atoms with Crippen LogP contribution in [0.15, 0.2) is 84.9 Å². The predicted octanol–water partition coefficient (Wildman–Crippen LogP) is 4.21. The molecule has 0 aliphatic carbocycles. The van der Waals surface area contributed by atoms with E-state index in [2.05, 4.69) is 40.2 Å². The van der Waals surface area contributed by atoms with Crippen LogP contribution in [0, 0.1) is 0 Å². The summed E-state index contributed by atoms with van der Waals surface area (Å²) in [6.45, 7) is 2.35. The molecule has 7 heteroatoms. The quantitative estimate of drug-likeness (QED) is 0.228. The van der Waals surface area contributed by atoms with Crippen molar-refractivity contribution >= 4 is 35.4 Å². The molecule has 1 atom stereocenters. The Morgan fingerprint density at radius 1 is 0.818 bits per heavy atom. The van der Waals surface area contributed by atoms with Gasteiger partial charge in [0.1, 0.15) is 18.5 Å². The van der Waals surface area contributed by atoms with Gasteiger partial charge in [0, 0.05) is 18.8 Å². The van der Waals surface area contributed by atoms with E-state index in [4.69, 9.17) is 17.0 Å². The molecular formula is C26H32ClN3O2S. The molecule has 3 aromatic carbocycles. The van der Waals surface area contributed by atoms with Crippen LogP contribution in [0.5, 0.6) is 5.75 Å². The number of anilines is 1. The summed E-state index contributed by atoms with van der Waals surface area (Å²) in [7, 11) is 0. The number of benzene rings is 3. The predicted molar refractivity (Wildman–Crippen MR) is 143 cm³/mol. The molecule has 0 aromatic heterocycles. The molecule has 0 heterocycles. The number of thiocarbonyl (C=S) groups is 1. The maximum atomic E-state index is 10.0. The average molecular weight is 486 g/mol. The molecule has 0 fully saturated rings. The summed E-state index contributed by atoms with van der Waals surface area (Å²) in [4.78, 5) is 0. The van der Waals surface area contributed by atoms with Gasteiger partial charge in [0.05, 0.1) is 0 Å². The first-order valence-corrected chi connectivity index (χ1v) is 11.3. The van der Waals surface area contributed by atoms with E-state index in [1.165, 1.54) is 11.1 Å². The average Bonchev–Trinajstić information content (AvgIpc) is 2.83. The summed E-state index contributed by atoms with van der Waals surface area (Å²) < 4.78 is 5.56. The minimum Gasteiger partial charge on any atom is -0.491 e. The molecular weight excluding hydrogens is 454 g/mol. The van der Waals surface area contributed by atoms with E-state index in [1.807, 2.05) is 60.7 Å². The molecule has 5 nitrogen and oxygen atoms in total. The van der Waals surface area contributed by atoms with E-state index >= 15 is 0 Å². The third-order valence-electron chi connectivity index (χ3n) is 4.91. The number of rotatable bonds is 12. The molecule has 4 N–H and O–H groups in total. The summed E-state index contributed by atoms with van der Waals surface area (Å²) in [5, 5.41) is 20.4.